The van der Waals surface area contributed by atoms with Gasteiger partial charge in [0.2, 0.25) is 0 Å². The van der Waals surface area contributed by atoms with Gasteiger partial charge < -0.3 is 24.4 Å². The zero-order valence-electron chi connectivity index (χ0n) is 14.7. The third-order valence-electron chi connectivity index (χ3n) is 4.33. The van der Waals surface area contributed by atoms with Gasteiger partial charge in [-0.3, -0.25) is 14.4 Å². The number of fused-ring (bicyclic) bond motifs is 1. The molecule has 3 rings (SSSR count). The Labute approximate surface area is 154 Å². The van der Waals surface area contributed by atoms with Gasteiger partial charge in [-0.2, -0.15) is 0 Å². The number of carbonyl (C=O) groups is 3. The molecule has 8 heteroatoms. The monoisotopic (exact) mass is 374 g/mol. The fourth-order valence-electron chi connectivity index (χ4n) is 3.22. The highest BCUT2D eigenvalue weighted by atomic mass is 16.7. The Balaban J connectivity index is 2.18. The number of ketones is 1. The zero-order chi connectivity index (χ0) is 19.8. The molecule has 1 heterocycles. The van der Waals surface area contributed by atoms with Crippen LogP contribution in [0.4, 0.5) is 0 Å². The molecule has 2 N–H and O–H groups in total. The van der Waals surface area contributed by atoms with Crippen LogP contribution in [-0.2, 0) is 34.2 Å². The molecule has 1 fully saturated rings. The van der Waals surface area contributed by atoms with Crippen LogP contribution in [0, 0.1) is 5.92 Å². The highest BCUT2D eigenvalue weighted by Gasteiger charge is 2.61. The molecule has 0 radical (unpaired) electrons. The topological polar surface area (TPSA) is 119 Å². The van der Waals surface area contributed by atoms with E-state index in [2.05, 4.69) is 0 Å². The van der Waals surface area contributed by atoms with E-state index in [1.165, 1.54) is 36.4 Å². The molecule has 1 saturated heterocycles. The second-order valence-corrected chi connectivity index (χ2v) is 6.26. The number of aliphatic hydroxyl groups is 1. The number of benzene rings is 1. The van der Waals surface area contributed by atoms with Crippen LogP contribution in [0.15, 0.2) is 47.9 Å². The normalized spacial score (nSPS) is 26.8. The first-order chi connectivity index (χ1) is 12.7. The SMILES string of the molecule is CC(=O)OC1OC2=CC(O)=CCC2C(=O)C1(OC(C)=O)c1ccc(O)cc1. The lowest BCUT2D eigenvalue weighted by Crippen LogP contribution is -2.58. The number of Topliss-reactive ketones (excluding diaryl/α,β-unsaturated/α-hetero) is 1. The second kappa shape index (κ2) is 6.79. The molecule has 0 spiro atoms. The maximum absolute atomic E-state index is 13.4. The zero-order valence-corrected chi connectivity index (χ0v) is 14.7. The largest absolute Gasteiger partial charge is 0.508 e. The Hall–Kier alpha value is -3.29. The number of carbonyl (C=O) groups excluding carboxylic acids is 3. The Kier molecular flexibility index (Phi) is 4.65. The summed E-state index contributed by atoms with van der Waals surface area (Å²) in [5, 5.41) is 19.3. The molecule has 8 nitrogen and oxygen atoms in total. The lowest BCUT2D eigenvalue weighted by atomic mass is 9.76. The Bertz CT molecular complexity index is 851. The molecule has 1 aromatic carbocycles. The second-order valence-electron chi connectivity index (χ2n) is 6.26. The van der Waals surface area contributed by atoms with Gasteiger partial charge in [0.15, 0.2) is 5.78 Å². The van der Waals surface area contributed by atoms with Gasteiger partial charge in [0.1, 0.15) is 17.3 Å². The van der Waals surface area contributed by atoms with E-state index >= 15 is 0 Å². The van der Waals surface area contributed by atoms with Gasteiger partial charge >= 0.3 is 11.9 Å². The number of aliphatic hydroxyl groups excluding tert-OH is 1. The van der Waals surface area contributed by atoms with Crippen LogP contribution in [0.5, 0.6) is 5.75 Å². The fourth-order valence-corrected chi connectivity index (χ4v) is 3.22. The minimum Gasteiger partial charge on any atom is -0.508 e. The summed E-state index contributed by atoms with van der Waals surface area (Å²) in [5.41, 5.74) is -1.86. The lowest BCUT2D eigenvalue weighted by Gasteiger charge is -2.44. The van der Waals surface area contributed by atoms with Gasteiger partial charge in [-0.25, -0.2) is 0 Å². The van der Waals surface area contributed by atoms with Crippen molar-refractivity contribution in [3.63, 3.8) is 0 Å². The number of phenols is 1. The van der Waals surface area contributed by atoms with E-state index in [0.29, 0.717) is 0 Å². The van der Waals surface area contributed by atoms with E-state index in [9.17, 15) is 24.6 Å². The number of hydrogen-bond acceptors (Lipinski definition) is 8. The van der Waals surface area contributed by atoms with E-state index in [1.54, 1.807) is 0 Å². The van der Waals surface area contributed by atoms with Crippen LogP contribution in [0.3, 0.4) is 0 Å². The third-order valence-corrected chi connectivity index (χ3v) is 4.33. The minimum absolute atomic E-state index is 0.0592. The number of phenolic OH excluding ortho intramolecular Hbond substituents is 1. The number of ether oxygens (including phenoxy) is 3. The van der Waals surface area contributed by atoms with Crippen LogP contribution >= 0.6 is 0 Å². The van der Waals surface area contributed by atoms with Crippen LogP contribution in [0.2, 0.25) is 0 Å². The van der Waals surface area contributed by atoms with Crippen molar-refractivity contribution in [1.82, 2.24) is 0 Å². The number of allylic oxidation sites excluding steroid dienone is 3. The van der Waals surface area contributed by atoms with Crippen LogP contribution in [-0.4, -0.2) is 34.2 Å². The van der Waals surface area contributed by atoms with Gasteiger partial charge in [-0.15, -0.1) is 0 Å². The molecule has 1 aromatic rings. The number of aromatic hydroxyl groups is 1. The minimum atomic E-state index is -2.05. The summed E-state index contributed by atoms with van der Waals surface area (Å²) in [6.07, 6.45) is 1.24. The summed E-state index contributed by atoms with van der Waals surface area (Å²) < 4.78 is 16.3. The Morgan fingerprint density at radius 3 is 2.41 bits per heavy atom. The first-order valence-corrected chi connectivity index (χ1v) is 8.22. The molecule has 0 saturated carbocycles. The van der Waals surface area contributed by atoms with Gasteiger partial charge in [0, 0.05) is 25.5 Å². The average molecular weight is 374 g/mol. The van der Waals surface area contributed by atoms with E-state index < -0.39 is 35.5 Å². The van der Waals surface area contributed by atoms with E-state index in [1.807, 2.05) is 0 Å². The maximum atomic E-state index is 13.4. The first-order valence-electron chi connectivity index (χ1n) is 8.22. The highest BCUT2D eigenvalue weighted by Crippen LogP contribution is 2.45. The van der Waals surface area contributed by atoms with Gasteiger partial charge in [-0.1, -0.05) is 12.1 Å². The molecular weight excluding hydrogens is 356 g/mol. The number of esters is 2. The van der Waals surface area contributed by atoms with Crippen molar-refractivity contribution in [2.45, 2.75) is 32.2 Å². The maximum Gasteiger partial charge on any atom is 0.305 e. The molecule has 0 amide bonds. The molecule has 3 atom stereocenters. The van der Waals surface area contributed by atoms with Crippen molar-refractivity contribution < 1.29 is 38.8 Å². The summed E-state index contributed by atoms with van der Waals surface area (Å²) in [6.45, 7) is 2.25. The molecule has 0 bridgehead atoms. The Morgan fingerprint density at radius 2 is 1.81 bits per heavy atom. The quantitative estimate of drug-likeness (QED) is 0.771. The van der Waals surface area contributed by atoms with Crippen LogP contribution in [0.25, 0.3) is 0 Å². The molecule has 27 heavy (non-hydrogen) atoms. The van der Waals surface area contributed by atoms with Crippen molar-refractivity contribution in [2.24, 2.45) is 5.92 Å². The van der Waals surface area contributed by atoms with Gasteiger partial charge in [0.05, 0.1) is 5.92 Å². The van der Waals surface area contributed by atoms with Gasteiger partial charge in [0.25, 0.3) is 11.9 Å². The van der Waals surface area contributed by atoms with E-state index in [4.69, 9.17) is 14.2 Å². The predicted octanol–water partition coefficient (Wildman–Crippen LogP) is 1.98. The molecule has 2 aliphatic rings. The highest BCUT2D eigenvalue weighted by molar-refractivity contribution is 5.96. The summed E-state index contributed by atoms with van der Waals surface area (Å²) in [7, 11) is 0. The number of rotatable bonds is 3. The standard InChI is InChI=1S/C19H18O8/c1-10(20)25-18-19(27-11(2)21,12-3-5-13(22)6-4-12)17(24)15-8-7-14(23)9-16(15)26-18/h3-7,9,15,18,22-23H,8H2,1-2H3. The summed E-state index contributed by atoms with van der Waals surface area (Å²) in [4.78, 5) is 36.9. The molecule has 142 valence electrons. The average Bonchev–Trinajstić information content (AvgIpc) is 2.58. The predicted molar refractivity (Wildman–Crippen MR) is 90.1 cm³/mol. The van der Waals surface area contributed by atoms with E-state index in [-0.39, 0.29) is 29.3 Å². The van der Waals surface area contributed by atoms with Crippen molar-refractivity contribution in [3.8, 4) is 5.75 Å². The van der Waals surface area contributed by atoms with Crippen molar-refractivity contribution in [1.29, 1.82) is 0 Å². The Morgan fingerprint density at radius 1 is 1.15 bits per heavy atom. The summed E-state index contributed by atoms with van der Waals surface area (Å²) in [6, 6.07) is 5.41. The smallest absolute Gasteiger partial charge is 0.305 e. The van der Waals surface area contributed by atoms with E-state index in [0.717, 1.165) is 13.8 Å². The van der Waals surface area contributed by atoms with Crippen LogP contribution < -0.4 is 0 Å². The molecular formula is C19H18O8. The third kappa shape index (κ3) is 3.25. The molecule has 3 unspecified atom stereocenters. The lowest BCUT2D eigenvalue weighted by molar-refractivity contribution is -0.246. The number of hydrogen-bond donors (Lipinski definition) is 2. The van der Waals surface area contributed by atoms with Crippen molar-refractivity contribution in [3.05, 3.63) is 53.5 Å². The van der Waals surface area contributed by atoms with Crippen LogP contribution in [0.1, 0.15) is 25.8 Å². The summed E-state index contributed by atoms with van der Waals surface area (Å²) in [5.74, 6) is -2.95. The van der Waals surface area contributed by atoms with Gasteiger partial charge in [-0.05, 0) is 24.6 Å². The first kappa shape index (κ1) is 18.5. The molecule has 1 aliphatic carbocycles. The molecule has 1 aliphatic heterocycles. The molecule has 0 aromatic heterocycles. The van der Waals surface area contributed by atoms with Crippen molar-refractivity contribution >= 4 is 17.7 Å². The van der Waals surface area contributed by atoms with Crippen molar-refractivity contribution in [2.75, 3.05) is 0 Å². The summed E-state index contributed by atoms with van der Waals surface area (Å²) >= 11 is 0. The fraction of sp³-hybridized carbons (Fsp3) is 0.316.